The zero-order valence-electron chi connectivity index (χ0n) is 8.80. The fraction of sp³-hybridized carbons (Fsp3) is 0.167. The number of nitrogens with two attached hydrogens (primary N) is 1. The van der Waals surface area contributed by atoms with Crippen molar-refractivity contribution < 1.29 is 5.11 Å². The minimum absolute atomic E-state index is 0.162. The van der Waals surface area contributed by atoms with Crippen LogP contribution in [-0.4, -0.2) is 21.7 Å². The van der Waals surface area contributed by atoms with E-state index in [0.29, 0.717) is 12.2 Å². The second-order valence-electron chi connectivity index (χ2n) is 3.45. The molecule has 0 fully saturated rings. The Morgan fingerprint density at radius 3 is 3.00 bits per heavy atom. The zero-order valence-corrected chi connectivity index (χ0v) is 8.80. The number of nitrogen functional groups attached to an aromatic ring is 1. The molecule has 0 aliphatic heterocycles. The molecular weight excluding hydrogens is 202 g/mol. The van der Waals surface area contributed by atoms with Gasteiger partial charge in [0.05, 0.1) is 5.52 Å². The van der Waals surface area contributed by atoms with E-state index in [1.807, 2.05) is 30.4 Å². The first-order valence-corrected chi connectivity index (χ1v) is 5.09. The number of aliphatic hydroxyl groups is 1. The summed E-state index contributed by atoms with van der Waals surface area (Å²) in [7, 11) is 0. The molecule has 2 rings (SSSR count). The van der Waals surface area contributed by atoms with Crippen molar-refractivity contribution in [2.24, 2.45) is 0 Å². The predicted molar refractivity (Wildman–Crippen MR) is 64.7 cm³/mol. The molecule has 1 heterocycles. The second-order valence-corrected chi connectivity index (χ2v) is 3.45. The van der Waals surface area contributed by atoms with Crippen molar-refractivity contribution in [1.82, 2.24) is 9.97 Å². The van der Waals surface area contributed by atoms with E-state index in [1.165, 1.54) is 6.33 Å². The van der Waals surface area contributed by atoms with Crippen LogP contribution < -0.4 is 5.73 Å². The van der Waals surface area contributed by atoms with Gasteiger partial charge in [0.1, 0.15) is 12.1 Å². The van der Waals surface area contributed by atoms with Gasteiger partial charge in [-0.3, -0.25) is 0 Å². The van der Waals surface area contributed by atoms with Gasteiger partial charge in [-0.25, -0.2) is 9.97 Å². The number of fused-ring (bicyclic) bond motifs is 1. The van der Waals surface area contributed by atoms with E-state index < -0.39 is 0 Å². The van der Waals surface area contributed by atoms with E-state index >= 15 is 0 Å². The molecule has 0 radical (unpaired) electrons. The van der Waals surface area contributed by atoms with Crippen molar-refractivity contribution in [1.29, 1.82) is 0 Å². The van der Waals surface area contributed by atoms with Crippen LogP contribution in [0, 0.1) is 0 Å². The van der Waals surface area contributed by atoms with Gasteiger partial charge in [-0.2, -0.15) is 0 Å². The third-order valence-electron chi connectivity index (χ3n) is 2.30. The highest BCUT2D eigenvalue weighted by Gasteiger charge is 1.99. The van der Waals surface area contributed by atoms with E-state index in [-0.39, 0.29) is 6.61 Å². The standard InChI is InChI=1S/C12H13N3O/c13-12-10-7-9(3-1-2-6-16)4-5-11(10)14-8-15-12/h1,3-5,7-8,16H,2,6H2,(H2,13,14,15). The highest BCUT2D eigenvalue weighted by molar-refractivity contribution is 5.89. The third kappa shape index (κ3) is 2.17. The zero-order chi connectivity index (χ0) is 11.4. The number of hydrogen-bond acceptors (Lipinski definition) is 4. The van der Waals surface area contributed by atoms with Crippen molar-refractivity contribution in [2.75, 3.05) is 12.3 Å². The van der Waals surface area contributed by atoms with E-state index in [0.717, 1.165) is 16.5 Å². The van der Waals surface area contributed by atoms with Crippen molar-refractivity contribution in [3.63, 3.8) is 0 Å². The van der Waals surface area contributed by atoms with Crippen LogP contribution in [0.1, 0.15) is 12.0 Å². The van der Waals surface area contributed by atoms with Gasteiger partial charge in [0, 0.05) is 12.0 Å². The van der Waals surface area contributed by atoms with Crippen molar-refractivity contribution in [3.8, 4) is 0 Å². The maximum Gasteiger partial charge on any atom is 0.134 e. The van der Waals surface area contributed by atoms with Crippen molar-refractivity contribution in [3.05, 3.63) is 36.2 Å². The summed E-state index contributed by atoms with van der Waals surface area (Å²) in [5.41, 5.74) is 7.63. The molecule has 16 heavy (non-hydrogen) atoms. The Bertz CT molecular complexity index is 523. The Kier molecular flexibility index (Phi) is 3.12. The predicted octanol–water partition coefficient (Wildman–Crippen LogP) is 1.61. The van der Waals surface area contributed by atoms with Crippen molar-refractivity contribution in [2.45, 2.75) is 6.42 Å². The summed E-state index contributed by atoms with van der Waals surface area (Å²) in [5, 5.41) is 9.52. The van der Waals surface area contributed by atoms with Gasteiger partial charge in [0.25, 0.3) is 0 Å². The third-order valence-corrected chi connectivity index (χ3v) is 2.30. The van der Waals surface area contributed by atoms with Crippen LogP contribution in [0.5, 0.6) is 0 Å². The molecule has 0 spiro atoms. The lowest BCUT2D eigenvalue weighted by Crippen LogP contribution is -1.93. The number of benzene rings is 1. The molecule has 1 aromatic heterocycles. The molecular formula is C12H13N3O. The molecule has 1 aromatic carbocycles. The van der Waals surface area contributed by atoms with Crippen molar-refractivity contribution >= 4 is 22.8 Å². The van der Waals surface area contributed by atoms with Gasteiger partial charge >= 0.3 is 0 Å². The van der Waals surface area contributed by atoms with Gasteiger partial charge in [0.15, 0.2) is 0 Å². The quantitative estimate of drug-likeness (QED) is 0.815. The number of aromatic nitrogens is 2. The first-order chi connectivity index (χ1) is 7.81. The Balaban J connectivity index is 2.39. The van der Waals surface area contributed by atoms with Crippen LogP contribution in [0.3, 0.4) is 0 Å². The average Bonchev–Trinajstić information content (AvgIpc) is 2.30. The monoisotopic (exact) mass is 215 g/mol. The number of nitrogens with zero attached hydrogens (tertiary/aromatic N) is 2. The highest BCUT2D eigenvalue weighted by Crippen LogP contribution is 2.18. The SMILES string of the molecule is Nc1ncnc2ccc(C=CCCO)cc12. The number of aliphatic hydroxyl groups excluding tert-OH is 1. The summed E-state index contributed by atoms with van der Waals surface area (Å²) in [6.07, 6.45) is 5.97. The fourth-order valence-corrected chi connectivity index (χ4v) is 1.49. The summed E-state index contributed by atoms with van der Waals surface area (Å²) in [6, 6.07) is 5.81. The molecule has 0 bridgehead atoms. The molecule has 0 atom stereocenters. The van der Waals surface area contributed by atoms with Gasteiger partial charge in [-0.15, -0.1) is 0 Å². The molecule has 3 N–H and O–H groups in total. The Morgan fingerprint density at radius 1 is 1.31 bits per heavy atom. The lowest BCUT2D eigenvalue weighted by Gasteiger charge is -2.01. The summed E-state index contributed by atoms with van der Waals surface area (Å²) in [4.78, 5) is 8.07. The smallest absolute Gasteiger partial charge is 0.134 e. The molecule has 4 heteroatoms. The average molecular weight is 215 g/mol. The van der Waals surface area contributed by atoms with Crippen LogP contribution in [0.15, 0.2) is 30.6 Å². The molecule has 0 saturated heterocycles. The normalized spacial score (nSPS) is 11.3. The van der Waals surface area contributed by atoms with Crippen LogP contribution >= 0.6 is 0 Å². The minimum Gasteiger partial charge on any atom is -0.396 e. The van der Waals surface area contributed by atoms with Crippen LogP contribution in [-0.2, 0) is 0 Å². The summed E-state index contributed by atoms with van der Waals surface area (Å²) in [6.45, 7) is 0.162. The number of rotatable bonds is 3. The largest absolute Gasteiger partial charge is 0.396 e. The van der Waals surface area contributed by atoms with Crippen LogP contribution in [0.4, 0.5) is 5.82 Å². The van der Waals surface area contributed by atoms with Gasteiger partial charge < -0.3 is 10.8 Å². The van der Waals surface area contributed by atoms with Gasteiger partial charge in [-0.1, -0.05) is 18.2 Å². The Hall–Kier alpha value is -1.94. The number of anilines is 1. The highest BCUT2D eigenvalue weighted by atomic mass is 16.2. The van der Waals surface area contributed by atoms with E-state index in [1.54, 1.807) is 0 Å². The maximum atomic E-state index is 8.67. The topological polar surface area (TPSA) is 72.0 Å². The Morgan fingerprint density at radius 2 is 2.19 bits per heavy atom. The first kappa shape index (κ1) is 10.6. The van der Waals surface area contributed by atoms with Crippen LogP contribution in [0.2, 0.25) is 0 Å². The summed E-state index contributed by atoms with van der Waals surface area (Å²) in [5.74, 6) is 0.488. The molecule has 0 aliphatic carbocycles. The molecule has 2 aromatic rings. The molecule has 0 aliphatic rings. The summed E-state index contributed by atoms with van der Waals surface area (Å²) >= 11 is 0. The fourth-order valence-electron chi connectivity index (χ4n) is 1.49. The van der Waals surface area contributed by atoms with E-state index in [2.05, 4.69) is 9.97 Å². The van der Waals surface area contributed by atoms with Gasteiger partial charge in [0.2, 0.25) is 0 Å². The van der Waals surface area contributed by atoms with Gasteiger partial charge in [-0.05, 0) is 24.1 Å². The minimum atomic E-state index is 0.162. The molecule has 0 saturated carbocycles. The summed E-state index contributed by atoms with van der Waals surface area (Å²) < 4.78 is 0. The molecule has 4 nitrogen and oxygen atoms in total. The lowest BCUT2D eigenvalue weighted by molar-refractivity contribution is 0.303. The molecule has 82 valence electrons. The molecule has 0 amide bonds. The molecule has 0 unspecified atom stereocenters. The Labute approximate surface area is 93.5 Å². The maximum absolute atomic E-state index is 8.67. The van der Waals surface area contributed by atoms with E-state index in [4.69, 9.17) is 10.8 Å². The lowest BCUT2D eigenvalue weighted by atomic mass is 10.1. The van der Waals surface area contributed by atoms with Crippen LogP contribution in [0.25, 0.3) is 17.0 Å². The second kappa shape index (κ2) is 4.72. The number of hydrogen-bond donors (Lipinski definition) is 2. The first-order valence-electron chi connectivity index (χ1n) is 5.09. The van der Waals surface area contributed by atoms with E-state index in [9.17, 15) is 0 Å².